The molecular formula is C19H21NO7S2. The van der Waals surface area contributed by atoms with E-state index in [0.717, 1.165) is 11.1 Å². The van der Waals surface area contributed by atoms with E-state index in [4.69, 9.17) is 0 Å². The third-order valence-corrected chi connectivity index (χ3v) is 7.88. The number of hydrogen-bond acceptors (Lipinski definition) is 7. The molecule has 0 aliphatic carbocycles. The highest BCUT2D eigenvalue weighted by molar-refractivity contribution is 7.89. The van der Waals surface area contributed by atoms with Crippen LogP contribution in [0.25, 0.3) is 0 Å². The molecule has 0 radical (unpaired) electrons. The smallest absolute Gasteiger partial charge is 0.365 e. The highest BCUT2D eigenvalue weighted by atomic mass is 32.2. The first-order valence-corrected chi connectivity index (χ1v) is 11.7. The summed E-state index contributed by atoms with van der Waals surface area (Å²) < 4.78 is 55.9. The molecule has 156 valence electrons. The Morgan fingerprint density at radius 2 is 1.41 bits per heavy atom. The molecule has 29 heavy (non-hydrogen) atoms. The van der Waals surface area contributed by atoms with Crippen LogP contribution < -0.4 is 0 Å². The van der Waals surface area contributed by atoms with Gasteiger partial charge in [0.2, 0.25) is 15.7 Å². The molecule has 0 amide bonds. The lowest BCUT2D eigenvalue weighted by Crippen LogP contribution is -2.54. The van der Waals surface area contributed by atoms with Gasteiger partial charge in [-0.2, -0.15) is 12.7 Å². The lowest BCUT2D eigenvalue weighted by atomic mass is 10.2. The Morgan fingerprint density at radius 3 is 1.93 bits per heavy atom. The topological polar surface area (TPSA) is 118 Å². The predicted octanol–water partition coefficient (Wildman–Crippen LogP) is 1.71. The van der Waals surface area contributed by atoms with Crippen molar-refractivity contribution in [3.05, 3.63) is 59.7 Å². The highest BCUT2D eigenvalue weighted by Gasteiger charge is 2.54. The van der Waals surface area contributed by atoms with E-state index in [-0.39, 0.29) is 29.2 Å². The maximum absolute atomic E-state index is 12.9. The Labute approximate surface area is 169 Å². The van der Waals surface area contributed by atoms with E-state index in [9.17, 15) is 26.7 Å². The maximum Gasteiger partial charge on any atom is 0.370 e. The van der Waals surface area contributed by atoms with E-state index in [1.165, 1.54) is 36.4 Å². The zero-order chi connectivity index (χ0) is 21.4. The lowest BCUT2D eigenvalue weighted by Gasteiger charge is -2.30. The second kappa shape index (κ2) is 7.52. The molecule has 8 nitrogen and oxygen atoms in total. The molecule has 1 N–H and O–H groups in total. The van der Waals surface area contributed by atoms with Crippen molar-refractivity contribution in [1.82, 2.24) is 4.31 Å². The minimum atomic E-state index is -4.52. The van der Waals surface area contributed by atoms with E-state index in [1.807, 2.05) is 0 Å². The molecule has 0 bridgehead atoms. The normalized spacial score (nSPS) is 20.5. The molecule has 1 fully saturated rings. The van der Waals surface area contributed by atoms with Gasteiger partial charge in [0.1, 0.15) is 4.90 Å². The van der Waals surface area contributed by atoms with Crippen molar-refractivity contribution in [2.45, 2.75) is 42.2 Å². The van der Waals surface area contributed by atoms with Crippen molar-refractivity contribution in [2.24, 2.45) is 0 Å². The summed E-state index contributed by atoms with van der Waals surface area (Å²) in [4.78, 5) is 12.2. The average Bonchev–Trinajstić information content (AvgIpc) is 3.06. The summed E-state index contributed by atoms with van der Waals surface area (Å²) in [6.07, 6.45) is -0.110. The van der Waals surface area contributed by atoms with Gasteiger partial charge in [0.15, 0.2) is 0 Å². The van der Waals surface area contributed by atoms with Crippen LogP contribution >= 0.6 is 0 Å². The maximum atomic E-state index is 12.9. The van der Waals surface area contributed by atoms with Gasteiger partial charge in [-0.15, -0.1) is 0 Å². The molecule has 0 aromatic heterocycles. The molecule has 0 saturated carbocycles. The Bertz CT molecular complexity index is 1120. The first kappa shape index (κ1) is 21.4. The molecule has 0 spiro atoms. The third-order valence-electron chi connectivity index (χ3n) is 4.73. The number of aliphatic hydroxyl groups is 1. The summed E-state index contributed by atoms with van der Waals surface area (Å²) >= 11 is 0. The van der Waals surface area contributed by atoms with Crippen LogP contribution in [0.3, 0.4) is 0 Å². The van der Waals surface area contributed by atoms with Gasteiger partial charge in [0, 0.05) is 13.0 Å². The molecule has 2 aromatic rings. The van der Waals surface area contributed by atoms with Crippen molar-refractivity contribution in [3.8, 4) is 0 Å². The first-order chi connectivity index (χ1) is 13.5. The van der Waals surface area contributed by atoms with Crippen molar-refractivity contribution < 1.29 is 30.9 Å². The van der Waals surface area contributed by atoms with Gasteiger partial charge < -0.3 is 9.29 Å². The van der Waals surface area contributed by atoms with E-state index in [2.05, 4.69) is 4.18 Å². The number of carbonyl (C=O) groups is 1. The molecule has 1 aliphatic heterocycles. The lowest BCUT2D eigenvalue weighted by molar-refractivity contribution is -0.164. The molecular weight excluding hydrogens is 418 g/mol. The molecule has 1 heterocycles. The fourth-order valence-electron chi connectivity index (χ4n) is 3.06. The van der Waals surface area contributed by atoms with Gasteiger partial charge >= 0.3 is 16.1 Å². The van der Waals surface area contributed by atoms with E-state index >= 15 is 0 Å². The van der Waals surface area contributed by atoms with Crippen molar-refractivity contribution in [3.63, 3.8) is 0 Å². The van der Waals surface area contributed by atoms with Gasteiger partial charge in [-0.3, -0.25) is 0 Å². The summed E-state index contributed by atoms with van der Waals surface area (Å²) in [7, 11) is -8.77. The number of carbonyl (C=O) groups excluding carboxylic acids is 1. The zero-order valence-electron chi connectivity index (χ0n) is 15.9. The minimum absolute atomic E-state index is 0.113. The van der Waals surface area contributed by atoms with Crippen LogP contribution in [0.5, 0.6) is 0 Å². The molecule has 1 atom stereocenters. The minimum Gasteiger partial charge on any atom is -0.365 e. The molecule has 0 unspecified atom stereocenters. The standard InChI is InChI=1S/C19H21NO7S2/c1-14-4-8-16(9-5-14)28(23,24)20-13-3-12-19(20,22)18(21)27-29(25,26)17-10-6-15(2)7-11-17/h4-11,22H,3,12-13H2,1-2H3/t19-/m1/s1. The number of sulfonamides is 1. The molecule has 2 aromatic carbocycles. The fourth-order valence-corrected chi connectivity index (χ4v) is 5.62. The van der Waals surface area contributed by atoms with Crippen LogP contribution in [0, 0.1) is 13.8 Å². The molecule has 10 heteroatoms. The van der Waals surface area contributed by atoms with Gasteiger partial charge in [-0.25, -0.2) is 13.2 Å². The number of aryl methyl sites for hydroxylation is 2. The second-order valence-electron chi connectivity index (χ2n) is 6.95. The van der Waals surface area contributed by atoms with Gasteiger partial charge in [-0.05, 0) is 44.5 Å². The SMILES string of the molecule is Cc1ccc(S(=O)(=O)OC(=O)[C@]2(O)CCCN2S(=O)(=O)c2ccc(C)cc2)cc1. The molecule has 3 rings (SSSR count). The largest absolute Gasteiger partial charge is 0.370 e. The number of benzene rings is 2. The van der Waals surface area contributed by atoms with Crippen LogP contribution in [-0.2, 0) is 29.1 Å². The Hall–Kier alpha value is -2.27. The Morgan fingerprint density at radius 1 is 0.931 bits per heavy atom. The number of rotatable bonds is 5. The van der Waals surface area contributed by atoms with Crippen molar-refractivity contribution in [2.75, 3.05) is 6.54 Å². The summed E-state index contributed by atoms with van der Waals surface area (Å²) in [6.45, 7) is 3.40. The quantitative estimate of drug-likeness (QED) is 0.705. The summed E-state index contributed by atoms with van der Waals surface area (Å²) in [5.74, 6) is -1.55. The van der Waals surface area contributed by atoms with Crippen molar-refractivity contribution in [1.29, 1.82) is 0 Å². The average molecular weight is 440 g/mol. The first-order valence-electron chi connectivity index (χ1n) is 8.84. The monoisotopic (exact) mass is 439 g/mol. The van der Waals surface area contributed by atoms with Crippen LogP contribution in [0.4, 0.5) is 0 Å². The number of hydrogen-bond donors (Lipinski definition) is 1. The van der Waals surface area contributed by atoms with Crippen LogP contribution in [-0.4, -0.2) is 44.5 Å². The van der Waals surface area contributed by atoms with Crippen LogP contribution in [0.2, 0.25) is 0 Å². The number of nitrogens with zero attached hydrogens (tertiary/aromatic N) is 1. The Balaban J connectivity index is 1.90. The van der Waals surface area contributed by atoms with Crippen LogP contribution in [0.15, 0.2) is 58.3 Å². The van der Waals surface area contributed by atoms with E-state index < -0.39 is 31.8 Å². The summed E-state index contributed by atoms with van der Waals surface area (Å²) in [5.41, 5.74) is -0.967. The zero-order valence-corrected chi connectivity index (χ0v) is 17.5. The summed E-state index contributed by atoms with van der Waals surface area (Å²) in [5, 5.41) is 10.8. The predicted molar refractivity (Wildman–Crippen MR) is 104 cm³/mol. The second-order valence-corrected chi connectivity index (χ2v) is 10.4. The highest BCUT2D eigenvalue weighted by Crippen LogP contribution is 2.34. The van der Waals surface area contributed by atoms with Gasteiger partial charge in [0.25, 0.3) is 0 Å². The molecule has 1 saturated heterocycles. The van der Waals surface area contributed by atoms with E-state index in [0.29, 0.717) is 4.31 Å². The van der Waals surface area contributed by atoms with E-state index in [1.54, 1.807) is 26.0 Å². The van der Waals surface area contributed by atoms with Gasteiger partial charge in [-0.1, -0.05) is 35.4 Å². The van der Waals surface area contributed by atoms with Crippen LogP contribution in [0.1, 0.15) is 24.0 Å². The Kier molecular flexibility index (Phi) is 5.56. The third kappa shape index (κ3) is 4.06. The summed E-state index contributed by atoms with van der Waals surface area (Å²) in [6, 6.07) is 11.5. The fraction of sp³-hybridized carbons (Fsp3) is 0.316. The van der Waals surface area contributed by atoms with Crippen molar-refractivity contribution >= 4 is 26.1 Å². The van der Waals surface area contributed by atoms with Gasteiger partial charge in [0.05, 0.1) is 4.90 Å². The molecule has 1 aliphatic rings.